The van der Waals surface area contributed by atoms with Gasteiger partial charge in [-0.05, 0) is 6.07 Å². The Balaban J connectivity index is 1.78. The maximum absolute atomic E-state index is 11.2. The number of hydrogen-bond acceptors (Lipinski definition) is 6. The molecule has 3 rings (SSSR count). The molecular weight excluding hydrogens is 248 g/mol. The Bertz CT molecular complexity index is 444. The van der Waals surface area contributed by atoms with Crippen molar-refractivity contribution in [2.45, 2.75) is 5.60 Å². The molecule has 2 saturated heterocycles. The third-order valence-corrected chi connectivity index (χ3v) is 3.30. The summed E-state index contributed by atoms with van der Waals surface area (Å²) in [5, 5.41) is 2.83. The second-order valence-corrected chi connectivity index (χ2v) is 4.77. The average molecular weight is 264 g/mol. The zero-order valence-corrected chi connectivity index (χ0v) is 10.5. The van der Waals surface area contributed by atoms with Crippen LogP contribution in [0.25, 0.3) is 0 Å². The van der Waals surface area contributed by atoms with Crippen LogP contribution in [-0.2, 0) is 14.3 Å². The number of rotatable bonds is 1. The van der Waals surface area contributed by atoms with Crippen molar-refractivity contribution in [3.63, 3.8) is 0 Å². The SMILES string of the molecule is O=C1COC2(CN1)COCCN(c1ncccn1)C2. The lowest BCUT2D eigenvalue weighted by Gasteiger charge is -2.38. The summed E-state index contributed by atoms with van der Waals surface area (Å²) >= 11 is 0. The largest absolute Gasteiger partial charge is 0.376 e. The maximum Gasteiger partial charge on any atom is 0.246 e. The lowest BCUT2D eigenvalue weighted by atomic mass is 10.0. The molecule has 0 saturated carbocycles. The predicted octanol–water partition coefficient (Wildman–Crippen LogP) is -0.802. The molecule has 1 spiro atoms. The minimum atomic E-state index is -0.510. The van der Waals surface area contributed by atoms with Crippen LogP contribution in [0.5, 0.6) is 0 Å². The van der Waals surface area contributed by atoms with E-state index < -0.39 is 5.60 Å². The van der Waals surface area contributed by atoms with Gasteiger partial charge in [-0.2, -0.15) is 0 Å². The Morgan fingerprint density at radius 1 is 1.37 bits per heavy atom. The Kier molecular flexibility index (Phi) is 3.31. The third kappa shape index (κ3) is 2.66. The van der Waals surface area contributed by atoms with Crippen LogP contribution in [0, 0.1) is 0 Å². The van der Waals surface area contributed by atoms with Crippen LogP contribution < -0.4 is 10.2 Å². The molecule has 2 fully saturated rings. The second-order valence-electron chi connectivity index (χ2n) is 4.77. The van der Waals surface area contributed by atoms with Crippen LogP contribution in [0.4, 0.5) is 5.95 Å². The second kappa shape index (κ2) is 5.10. The van der Waals surface area contributed by atoms with Crippen molar-refractivity contribution in [3.8, 4) is 0 Å². The zero-order chi connectivity index (χ0) is 13.1. The molecule has 19 heavy (non-hydrogen) atoms. The van der Waals surface area contributed by atoms with Gasteiger partial charge < -0.3 is 19.7 Å². The molecule has 102 valence electrons. The van der Waals surface area contributed by atoms with E-state index in [0.717, 1.165) is 0 Å². The maximum atomic E-state index is 11.2. The van der Waals surface area contributed by atoms with E-state index in [-0.39, 0.29) is 12.5 Å². The van der Waals surface area contributed by atoms with E-state index in [1.54, 1.807) is 18.5 Å². The summed E-state index contributed by atoms with van der Waals surface area (Å²) in [4.78, 5) is 21.8. The van der Waals surface area contributed by atoms with Crippen LogP contribution in [0.2, 0.25) is 0 Å². The van der Waals surface area contributed by atoms with Gasteiger partial charge in [0.15, 0.2) is 0 Å². The average Bonchev–Trinajstić information content (AvgIpc) is 2.67. The van der Waals surface area contributed by atoms with Gasteiger partial charge in [-0.3, -0.25) is 4.79 Å². The van der Waals surface area contributed by atoms with Crippen LogP contribution >= 0.6 is 0 Å². The summed E-state index contributed by atoms with van der Waals surface area (Å²) in [5.74, 6) is 0.574. The van der Waals surface area contributed by atoms with Gasteiger partial charge in [0.05, 0.1) is 26.3 Å². The van der Waals surface area contributed by atoms with Crippen molar-refractivity contribution in [1.82, 2.24) is 15.3 Å². The van der Waals surface area contributed by atoms with Gasteiger partial charge in [-0.15, -0.1) is 0 Å². The van der Waals surface area contributed by atoms with Gasteiger partial charge in [-0.25, -0.2) is 9.97 Å². The van der Waals surface area contributed by atoms with Crippen molar-refractivity contribution in [2.75, 3.05) is 44.4 Å². The van der Waals surface area contributed by atoms with Crippen molar-refractivity contribution < 1.29 is 14.3 Å². The quantitative estimate of drug-likeness (QED) is 0.715. The van der Waals surface area contributed by atoms with Gasteiger partial charge in [0, 0.05) is 18.9 Å². The fourth-order valence-corrected chi connectivity index (χ4v) is 2.31. The van der Waals surface area contributed by atoms with Crippen LogP contribution in [0.3, 0.4) is 0 Å². The molecule has 1 atom stereocenters. The smallest absolute Gasteiger partial charge is 0.246 e. The molecule has 0 radical (unpaired) electrons. The molecule has 7 nitrogen and oxygen atoms in total. The van der Waals surface area contributed by atoms with Crippen LogP contribution in [0.1, 0.15) is 0 Å². The molecule has 0 bridgehead atoms. The first-order valence-electron chi connectivity index (χ1n) is 6.28. The van der Waals surface area contributed by atoms with Crippen molar-refractivity contribution >= 4 is 11.9 Å². The van der Waals surface area contributed by atoms with Gasteiger partial charge in [0.25, 0.3) is 0 Å². The number of nitrogens with zero attached hydrogens (tertiary/aromatic N) is 3. The highest BCUT2D eigenvalue weighted by Gasteiger charge is 2.40. The fraction of sp³-hybridized carbons (Fsp3) is 0.583. The molecule has 0 aromatic carbocycles. The molecule has 2 aliphatic rings. The normalized spacial score (nSPS) is 28.0. The number of ether oxygens (including phenoxy) is 2. The summed E-state index contributed by atoms with van der Waals surface area (Å²) in [6, 6.07) is 1.78. The van der Waals surface area contributed by atoms with Crippen molar-refractivity contribution in [3.05, 3.63) is 18.5 Å². The number of anilines is 1. The van der Waals surface area contributed by atoms with Gasteiger partial charge >= 0.3 is 0 Å². The molecule has 1 aromatic heterocycles. The number of carbonyl (C=O) groups excluding carboxylic acids is 1. The topological polar surface area (TPSA) is 76.6 Å². The summed E-state index contributed by atoms with van der Waals surface area (Å²) in [6.45, 7) is 2.91. The molecule has 2 aliphatic heterocycles. The number of hydrogen-bond donors (Lipinski definition) is 1. The van der Waals surface area contributed by atoms with Gasteiger partial charge in [0.1, 0.15) is 12.2 Å². The first-order chi connectivity index (χ1) is 9.27. The molecular formula is C12H16N4O3. The first kappa shape index (κ1) is 12.3. The summed E-state index contributed by atoms with van der Waals surface area (Å²) < 4.78 is 11.3. The molecule has 1 amide bonds. The first-order valence-corrected chi connectivity index (χ1v) is 6.28. The van der Waals surface area contributed by atoms with Gasteiger partial charge in [0.2, 0.25) is 11.9 Å². The molecule has 3 heterocycles. The van der Waals surface area contributed by atoms with Crippen LogP contribution in [-0.4, -0.2) is 60.9 Å². The highest BCUT2D eigenvalue weighted by molar-refractivity contribution is 5.78. The van der Waals surface area contributed by atoms with E-state index in [2.05, 4.69) is 15.3 Å². The van der Waals surface area contributed by atoms with Crippen molar-refractivity contribution in [2.24, 2.45) is 0 Å². The number of amides is 1. The molecule has 0 aliphatic carbocycles. The lowest BCUT2D eigenvalue weighted by molar-refractivity contribution is -0.148. The molecule has 1 aromatic rings. The Morgan fingerprint density at radius 3 is 2.95 bits per heavy atom. The highest BCUT2D eigenvalue weighted by atomic mass is 16.5. The predicted molar refractivity (Wildman–Crippen MR) is 66.8 cm³/mol. The van der Waals surface area contributed by atoms with E-state index >= 15 is 0 Å². The minimum absolute atomic E-state index is 0.0762. The lowest BCUT2D eigenvalue weighted by Crippen LogP contribution is -2.59. The number of carbonyl (C=O) groups is 1. The summed E-state index contributed by atoms with van der Waals surface area (Å²) in [6.07, 6.45) is 3.43. The van der Waals surface area contributed by atoms with Crippen molar-refractivity contribution in [1.29, 1.82) is 0 Å². The number of nitrogens with one attached hydrogen (secondary N) is 1. The highest BCUT2D eigenvalue weighted by Crippen LogP contribution is 2.21. The standard InChI is InChI=1S/C12H16N4O3/c17-10-6-19-12(7-15-10)8-16(4-5-18-9-12)11-13-2-1-3-14-11/h1-3H,4-9H2,(H,15,17). The van der Waals surface area contributed by atoms with E-state index in [9.17, 15) is 4.79 Å². The number of morpholine rings is 1. The summed E-state index contributed by atoms with van der Waals surface area (Å²) in [7, 11) is 0. The van der Waals surface area contributed by atoms with Gasteiger partial charge in [-0.1, -0.05) is 0 Å². The third-order valence-electron chi connectivity index (χ3n) is 3.30. The minimum Gasteiger partial charge on any atom is -0.376 e. The molecule has 1 N–H and O–H groups in total. The molecule has 1 unspecified atom stereocenters. The van der Waals surface area contributed by atoms with E-state index in [1.165, 1.54) is 0 Å². The van der Waals surface area contributed by atoms with E-state index in [4.69, 9.17) is 9.47 Å². The molecule has 7 heteroatoms. The van der Waals surface area contributed by atoms with E-state index in [0.29, 0.717) is 38.8 Å². The van der Waals surface area contributed by atoms with Crippen LogP contribution in [0.15, 0.2) is 18.5 Å². The Hall–Kier alpha value is -1.73. The summed E-state index contributed by atoms with van der Waals surface area (Å²) in [5.41, 5.74) is -0.510. The number of aromatic nitrogens is 2. The zero-order valence-electron chi connectivity index (χ0n) is 10.5. The Labute approximate surface area is 110 Å². The Morgan fingerprint density at radius 2 is 2.21 bits per heavy atom. The van der Waals surface area contributed by atoms with E-state index in [1.807, 2.05) is 4.90 Å². The monoisotopic (exact) mass is 264 g/mol. The fourth-order valence-electron chi connectivity index (χ4n) is 2.31.